The molecule has 0 radical (unpaired) electrons. The molecular weight excluding hydrogens is 278 g/mol. The van der Waals surface area contributed by atoms with Gasteiger partial charge < -0.3 is 24.2 Å². The number of aliphatic carboxylic acids is 1. The second-order valence-corrected chi connectivity index (χ2v) is 6.55. The van der Waals surface area contributed by atoms with Crippen LogP contribution in [0.25, 0.3) is 0 Å². The van der Waals surface area contributed by atoms with Gasteiger partial charge in [0, 0.05) is 6.61 Å². The molecule has 1 N–H and O–H groups in total. The lowest BCUT2D eigenvalue weighted by atomic mass is 9.94. The molecule has 0 spiro atoms. The summed E-state index contributed by atoms with van der Waals surface area (Å²) in [5.74, 6) is -1.07. The molecule has 7 heteroatoms. The number of ether oxygens (including phenoxy) is 3. The number of likely N-dealkylation sites (tertiary alicyclic amines) is 1. The Morgan fingerprint density at radius 3 is 2.43 bits per heavy atom. The average Bonchev–Trinajstić information content (AvgIpc) is 2.31. The Balaban J connectivity index is 1.91. The fourth-order valence-electron chi connectivity index (χ4n) is 2.34. The van der Waals surface area contributed by atoms with E-state index in [1.54, 1.807) is 20.8 Å². The molecule has 2 heterocycles. The highest BCUT2D eigenvalue weighted by molar-refractivity contribution is 5.83. The third-order valence-electron chi connectivity index (χ3n) is 3.43. The smallest absolute Gasteiger partial charge is 0.410 e. The number of carboxylic acids is 1. The Morgan fingerprint density at radius 2 is 1.95 bits per heavy atom. The molecule has 2 aliphatic heterocycles. The molecule has 1 atom stereocenters. The fraction of sp³-hybridized carbons (Fsp3) is 0.857. The molecule has 2 saturated heterocycles. The highest BCUT2D eigenvalue weighted by Gasteiger charge is 2.55. The molecule has 1 amide bonds. The molecule has 120 valence electrons. The summed E-state index contributed by atoms with van der Waals surface area (Å²) in [4.78, 5) is 24.7. The lowest BCUT2D eigenvalue weighted by Crippen LogP contribution is -2.70. The van der Waals surface area contributed by atoms with E-state index in [4.69, 9.17) is 14.2 Å². The van der Waals surface area contributed by atoms with Crippen LogP contribution in [0.4, 0.5) is 4.79 Å². The first-order chi connectivity index (χ1) is 9.72. The minimum atomic E-state index is -1.38. The summed E-state index contributed by atoms with van der Waals surface area (Å²) in [6, 6.07) is 0. The van der Waals surface area contributed by atoms with Crippen molar-refractivity contribution >= 4 is 12.1 Å². The quantitative estimate of drug-likeness (QED) is 0.852. The van der Waals surface area contributed by atoms with Crippen LogP contribution < -0.4 is 0 Å². The molecule has 2 fully saturated rings. The maximum absolute atomic E-state index is 11.9. The van der Waals surface area contributed by atoms with E-state index in [1.165, 1.54) is 4.90 Å². The van der Waals surface area contributed by atoms with Crippen LogP contribution in [0, 0.1) is 0 Å². The summed E-state index contributed by atoms with van der Waals surface area (Å²) in [6.45, 7) is 5.84. The third-order valence-corrected chi connectivity index (χ3v) is 3.43. The molecule has 0 saturated carbocycles. The van der Waals surface area contributed by atoms with Crippen molar-refractivity contribution in [2.45, 2.75) is 57.5 Å². The molecular formula is C14H23NO6. The SMILES string of the molecule is CC(C)(C)OC(=O)N1CC(OC2CCCCO2)(C(=O)O)C1. The zero-order valence-electron chi connectivity index (χ0n) is 12.8. The number of carboxylic acid groups (broad SMARTS) is 1. The molecule has 2 aliphatic rings. The first-order valence-electron chi connectivity index (χ1n) is 7.23. The van der Waals surface area contributed by atoms with Gasteiger partial charge in [-0.25, -0.2) is 9.59 Å². The van der Waals surface area contributed by atoms with E-state index in [0.29, 0.717) is 13.0 Å². The van der Waals surface area contributed by atoms with Crippen LogP contribution in [-0.4, -0.2) is 59.3 Å². The van der Waals surface area contributed by atoms with Crippen molar-refractivity contribution < 1.29 is 28.9 Å². The van der Waals surface area contributed by atoms with Gasteiger partial charge in [-0.1, -0.05) is 0 Å². The summed E-state index contributed by atoms with van der Waals surface area (Å²) >= 11 is 0. The highest BCUT2D eigenvalue weighted by atomic mass is 16.7. The van der Waals surface area contributed by atoms with Crippen LogP contribution >= 0.6 is 0 Å². The first kappa shape index (κ1) is 16.0. The molecule has 0 aromatic rings. The maximum Gasteiger partial charge on any atom is 0.410 e. The van der Waals surface area contributed by atoms with Gasteiger partial charge in [0.1, 0.15) is 5.60 Å². The van der Waals surface area contributed by atoms with E-state index in [0.717, 1.165) is 12.8 Å². The minimum absolute atomic E-state index is 0.0168. The van der Waals surface area contributed by atoms with E-state index >= 15 is 0 Å². The van der Waals surface area contributed by atoms with E-state index in [-0.39, 0.29) is 13.1 Å². The van der Waals surface area contributed by atoms with Gasteiger partial charge in [0.25, 0.3) is 0 Å². The van der Waals surface area contributed by atoms with Gasteiger partial charge in [0.15, 0.2) is 6.29 Å². The van der Waals surface area contributed by atoms with Crippen molar-refractivity contribution in [3.8, 4) is 0 Å². The second-order valence-electron chi connectivity index (χ2n) is 6.55. The first-order valence-corrected chi connectivity index (χ1v) is 7.23. The van der Waals surface area contributed by atoms with Crippen molar-refractivity contribution in [2.24, 2.45) is 0 Å². The van der Waals surface area contributed by atoms with Gasteiger partial charge in [-0.2, -0.15) is 0 Å². The predicted molar refractivity (Wildman–Crippen MR) is 72.8 cm³/mol. The molecule has 21 heavy (non-hydrogen) atoms. The number of hydrogen-bond donors (Lipinski definition) is 1. The number of amides is 1. The van der Waals surface area contributed by atoms with Gasteiger partial charge in [-0.3, -0.25) is 0 Å². The van der Waals surface area contributed by atoms with Crippen LogP contribution in [-0.2, 0) is 19.0 Å². The third kappa shape index (κ3) is 3.85. The fourth-order valence-corrected chi connectivity index (χ4v) is 2.34. The summed E-state index contributed by atoms with van der Waals surface area (Å²) in [5.41, 5.74) is -1.98. The minimum Gasteiger partial charge on any atom is -0.479 e. The highest BCUT2D eigenvalue weighted by Crippen LogP contribution is 2.31. The predicted octanol–water partition coefficient (Wildman–Crippen LogP) is 1.60. The van der Waals surface area contributed by atoms with Crippen molar-refractivity contribution in [1.29, 1.82) is 0 Å². The van der Waals surface area contributed by atoms with Crippen molar-refractivity contribution in [3.05, 3.63) is 0 Å². The summed E-state index contributed by atoms with van der Waals surface area (Å²) in [6.07, 6.45) is 1.57. The van der Waals surface area contributed by atoms with Crippen LogP contribution in [0.5, 0.6) is 0 Å². The maximum atomic E-state index is 11.9. The second kappa shape index (κ2) is 5.81. The molecule has 2 rings (SSSR count). The van der Waals surface area contributed by atoms with Gasteiger partial charge in [-0.05, 0) is 40.0 Å². The van der Waals surface area contributed by atoms with E-state index in [9.17, 15) is 14.7 Å². The Morgan fingerprint density at radius 1 is 1.29 bits per heavy atom. The van der Waals surface area contributed by atoms with Crippen LogP contribution in [0.1, 0.15) is 40.0 Å². The molecule has 0 aliphatic carbocycles. The Kier molecular flexibility index (Phi) is 4.43. The number of carbonyl (C=O) groups is 2. The molecule has 7 nitrogen and oxygen atoms in total. The van der Waals surface area contributed by atoms with Gasteiger partial charge in [0.05, 0.1) is 13.1 Å². The van der Waals surface area contributed by atoms with E-state index in [2.05, 4.69) is 0 Å². The van der Waals surface area contributed by atoms with Crippen molar-refractivity contribution in [1.82, 2.24) is 4.90 Å². The molecule has 0 aromatic heterocycles. The number of carbonyl (C=O) groups excluding carboxylic acids is 1. The largest absolute Gasteiger partial charge is 0.479 e. The van der Waals surface area contributed by atoms with Gasteiger partial charge in [-0.15, -0.1) is 0 Å². The lowest BCUT2D eigenvalue weighted by molar-refractivity contribution is -0.257. The van der Waals surface area contributed by atoms with Gasteiger partial charge in [0.2, 0.25) is 5.60 Å². The van der Waals surface area contributed by atoms with Crippen LogP contribution in [0.3, 0.4) is 0 Å². The van der Waals surface area contributed by atoms with E-state index < -0.39 is 29.6 Å². The monoisotopic (exact) mass is 301 g/mol. The summed E-state index contributed by atoms with van der Waals surface area (Å²) in [7, 11) is 0. The molecule has 0 bridgehead atoms. The normalized spacial score (nSPS) is 25.1. The van der Waals surface area contributed by atoms with Crippen molar-refractivity contribution in [2.75, 3.05) is 19.7 Å². The molecule has 1 unspecified atom stereocenters. The Hall–Kier alpha value is -1.34. The number of nitrogens with zero attached hydrogens (tertiary/aromatic N) is 1. The summed E-state index contributed by atoms with van der Waals surface area (Å²) in [5, 5.41) is 9.39. The Bertz CT molecular complexity index is 404. The standard InChI is InChI=1S/C14H23NO6/c1-13(2,3)21-12(18)15-8-14(9-15,11(16)17)20-10-6-4-5-7-19-10/h10H,4-9H2,1-3H3,(H,16,17). The number of hydrogen-bond acceptors (Lipinski definition) is 5. The summed E-state index contributed by atoms with van der Waals surface area (Å²) < 4.78 is 16.2. The lowest BCUT2D eigenvalue weighted by Gasteiger charge is -2.47. The van der Waals surface area contributed by atoms with E-state index in [1.807, 2.05) is 0 Å². The molecule has 0 aromatic carbocycles. The van der Waals surface area contributed by atoms with Crippen LogP contribution in [0.15, 0.2) is 0 Å². The average molecular weight is 301 g/mol. The Labute approximate surface area is 124 Å². The zero-order valence-corrected chi connectivity index (χ0v) is 12.8. The van der Waals surface area contributed by atoms with Gasteiger partial charge >= 0.3 is 12.1 Å². The topological polar surface area (TPSA) is 85.3 Å². The zero-order chi connectivity index (χ0) is 15.7. The number of rotatable bonds is 3. The van der Waals surface area contributed by atoms with Crippen LogP contribution in [0.2, 0.25) is 0 Å². The van der Waals surface area contributed by atoms with Crippen molar-refractivity contribution in [3.63, 3.8) is 0 Å².